The van der Waals surface area contributed by atoms with E-state index in [2.05, 4.69) is 40.5 Å². The molecule has 0 radical (unpaired) electrons. The third kappa shape index (κ3) is 5.94. The lowest BCUT2D eigenvalue weighted by atomic mass is 10.00. The van der Waals surface area contributed by atoms with Gasteiger partial charge in [-0.05, 0) is 64.5 Å². The number of thiophene rings is 1. The van der Waals surface area contributed by atoms with Crippen molar-refractivity contribution >= 4 is 67.8 Å². The highest BCUT2D eigenvalue weighted by Crippen LogP contribution is 2.45. The summed E-state index contributed by atoms with van der Waals surface area (Å²) in [7, 11) is 0. The summed E-state index contributed by atoms with van der Waals surface area (Å²) >= 11 is 4.19. The quantitative estimate of drug-likeness (QED) is 0.0546. The molecule has 0 aliphatic carbocycles. The predicted molar refractivity (Wildman–Crippen MR) is 184 cm³/mol. The topological polar surface area (TPSA) is 92.6 Å². The summed E-state index contributed by atoms with van der Waals surface area (Å²) in [6.45, 7) is 2.44. The van der Waals surface area contributed by atoms with Crippen LogP contribution >= 0.6 is 34.4 Å². The molecular weight excluding hydrogens is 635 g/mol. The van der Waals surface area contributed by atoms with E-state index in [4.69, 9.17) is 4.74 Å². The maximum atomic E-state index is 13.5. The highest BCUT2D eigenvalue weighted by molar-refractivity contribution is 8.00. The number of amides is 1. The van der Waals surface area contributed by atoms with Crippen LogP contribution in [0.4, 0.5) is 5.13 Å². The molecule has 1 amide bonds. The monoisotopic (exact) mass is 661 g/mol. The van der Waals surface area contributed by atoms with Gasteiger partial charge < -0.3 is 9.84 Å². The maximum Gasteiger partial charge on any atom is 0.301 e. The summed E-state index contributed by atoms with van der Waals surface area (Å²) in [5.41, 5.74) is 3.80. The van der Waals surface area contributed by atoms with Crippen molar-refractivity contribution in [1.82, 2.24) is 10.2 Å². The number of aliphatic hydroxyl groups is 1. The van der Waals surface area contributed by atoms with Crippen LogP contribution in [0.25, 0.3) is 16.5 Å². The average molecular weight is 662 g/mol. The zero-order chi connectivity index (χ0) is 31.6. The number of aryl methyl sites for hydroxylation is 1. The van der Waals surface area contributed by atoms with Gasteiger partial charge in [-0.2, -0.15) is 0 Å². The van der Waals surface area contributed by atoms with Gasteiger partial charge in [-0.3, -0.25) is 14.5 Å². The Kier molecular flexibility index (Phi) is 8.40. The molecule has 0 spiro atoms. The minimum absolute atomic E-state index is 0.0148. The Balaban J connectivity index is 1.14. The van der Waals surface area contributed by atoms with Gasteiger partial charge in [-0.1, -0.05) is 101 Å². The molecule has 2 aromatic heterocycles. The van der Waals surface area contributed by atoms with Crippen LogP contribution in [0, 0.1) is 6.92 Å². The van der Waals surface area contributed by atoms with E-state index in [1.807, 2.05) is 60.8 Å². The van der Waals surface area contributed by atoms with Gasteiger partial charge in [-0.25, -0.2) is 0 Å². The number of anilines is 1. The number of aromatic nitrogens is 2. The zero-order valence-corrected chi connectivity index (χ0v) is 27.1. The van der Waals surface area contributed by atoms with Gasteiger partial charge in [0.25, 0.3) is 5.78 Å². The molecule has 228 valence electrons. The number of carbonyl (C=O) groups is 2. The first-order chi connectivity index (χ1) is 22.5. The molecule has 1 saturated heterocycles. The molecule has 1 fully saturated rings. The molecule has 46 heavy (non-hydrogen) atoms. The van der Waals surface area contributed by atoms with Crippen molar-refractivity contribution in [1.29, 1.82) is 0 Å². The van der Waals surface area contributed by atoms with E-state index in [0.29, 0.717) is 33.1 Å². The fourth-order valence-electron chi connectivity index (χ4n) is 5.50. The second kappa shape index (κ2) is 12.9. The van der Waals surface area contributed by atoms with E-state index in [0.717, 1.165) is 16.0 Å². The molecule has 10 heteroatoms. The largest absolute Gasteiger partial charge is 0.507 e. The van der Waals surface area contributed by atoms with Crippen molar-refractivity contribution in [3.8, 4) is 5.75 Å². The fourth-order valence-corrected chi connectivity index (χ4v) is 8.19. The van der Waals surface area contributed by atoms with Crippen LogP contribution in [0.15, 0.2) is 118 Å². The lowest BCUT2D eigenvalue weighted by Gasteiger charge is -2.20. The van der Waals surface area contributed by atoms with Crippen LogP contribution in [-0.2, 0) is 21.9 Å². The van der Waals surface area contributed by atoms with Gasteiger partial charge in [0, 0.05) is 16.2 Å². The number of carbonyl (C=O) groups excluding carboxylic acids is 2. The van der Waals surface area contributed by atoms with Gasteiger partial charge in [0.05, 0.1) is 5.57 Å². The number of thioether (sulfide) groups is 1. The Morgan fingerprint density at radius 3 is 2.54 bits per heavy atom. The van der Waals surface area contributed by atoms with E-state index in [-0.39, 0.29) is 11.3 Å². The number of aliphatic hydroxyl groups excluding tert-OH is 1. The smallest absolute Gasteiger partial charge is 0.301 e. The number of Topliss-reactive ketones (excluding diaryl/α,β-unsaturated/α-hetero) is 1. The molecule has 7 nitrogen and oxygen atoms in total. The highest BCUT2D eigenvalue weighted by atomic mass is 32.2. The van der Waals surface area contributed by atoms with Crippen LogP contribution in [0.1, 0.15) is 33.2 Å². The molecule has 0 unspecified atom stereocenters. The molecule has 3 heterocycles. The molecule has 1 aliphatic rings. The van der Waals surface area contributed by atoms with Gasteiger partial charge in [0.1, 0.15) is 24.2 Å². The normalized spacial score (nSPS) is 15.9. The Hall–Kier alpha value is -4.77. The van der Waals surface area contributed by atoms with Gasteiger partial charge in [0.15, 0.2) is 4.34 Å². The van der Waals surface area contributed by atoms with Crippen molar-refractivity contribution in [2.24, 2.45) is 0 Å². The lowest BCUT2D eigenvalue weighted by molar-refractivity contribution is -0.132. The van der Waals surface area contributed by atoms with Crippen molar-refractivity contribution < 1.29 is 19.4 Å². The summed E-state index contributed by atoms with van der Waals surface area (Å²) in [5, 5.41) is 24.7. The van der Waals surface area contributed by atoms with Crippen LogP contribution in [-0.4, -0.2) is 27.0 Å². The average Bonchev–Trinajstić information content (AvgIpc) is 3.83. The summed E-state index contributed by atoms with van der Waals surface area (Å²) < 4.78 is 6.61. The third-order valence-corrected chi connectivity index (χ3v) is 10.7. The zero-order valence-electron chi connectivity index (χ0n) is 24.6. The summed E-state index contributed by atoms with van der Waals surface area (Å²) in [5.74, 6) is -0.473. The third-order valence-electron chi connectivity index (χ3n) is 7.71. The van der Waals surface area contributed by atoms with E-state index >= 15 is 0 Å². The van der Waals surface area contributed by atoms with E-state index in [1.165, 1.54) is 55.7 Å². The van der Waals surface area contributed by atoms with E-state index in [1.54, 1.807) is 24.3 Å². The Morgan fingerprint density at radius 1 is 0.935 bits per heavy atom. The number of ketones is 1. The van der Waals surface area contributed by atoms with Crippen LogP contribution in [0.5, 0.6) is 5.75 Å². The molecular formula is C36H27N3O4S3. The van der Waals surface area contributed by atoms with Crippen molar-refractivity contribution in [2.75, 3.05) is 4.90 Å². The Morgan fingerprint density at radius 2 is 1.74 bits per heavy atom. The van der Waals surface area contributed by atoms with E-state index in [9.17, 15) is 14.7 Å². The predicted octanol–water partition coefficient (Wildman–Crippen LogP) is 8.56. The minimum Gasteiger partial charge on any atom is -0.507 e. The highest BCUT2D eigenvalue weighted by Gasteiger charge is 2.48. The van der Waals surface area contributed by atoms with Gasteiger partial charge in [0.2, 0.25) is 5.13 Å². The second-order valence-electron chi connectivity index (χ2n) is 10.8. The minimum atomic E-state index is -0.832. The summed E-state index contributed by atoms with van der Waals surface area (Å²) in [6, 6.07) is 32.3. The number of nitrogens with zero attached hydrogens (tertiary/aromatic N) is 3. The standard InChI is InChI=1S/C36H27N3O4S3/c1-22-7-4-8-23(19-22)20-43-27-16-14-25(15-17-27)32(40)30-31(29-13-6-18-44-29)39(34(42)33(30)41)35-37-38-36(46-35)45-21-26-11-5-10-24-9-2-3-12-28(24)26/h2-19,31,40H,20-21H2,1H3/t31-/m1/s1. The number of rotatable bonds is 9. The molecule has 0 saturated carbocycles. The molecule has 6 aromatic rings. The van der Waals surface area contributed by atoms with Gasteiger partial charge >= 0.3 is 5.91 Å². The molecule has 1 N–H and O–H groups in total. The van der Waals surface area contributed by atoms with Crippen molar-refractivity contribution in [2.45, 2.75) is 29.7 Å². The number of hydrogen-bond acceptors (Lipinski definition) is 9. The molecule has 0 bridgehead atoms. The lowest BCUT2D eigenvalue weighted by Crippen LogP contribution is -2.29. The van der Waals surface area contributed by atoms with Crippen LogP contribution < -0.4 is 9.64 Å². The Labute approximate surface area is 277 Å². The second-order valence-corrected chi connectivity index (χ2v) is 13.9. The summed E-state index contributed by atoms with van der Waals surface area (Å²) in [4.78, 5) is 29.2. The SMILES string of the molecule is Cc1cccc(COc2ccc(C(O)=C3C(=O)C(=O)N(c4nnc(SCc5cccc6ccccc56)s4)[C@@H]3c3cccs3)cc2)c1. The number of benzene rings is 4. The van der Waals surface area contributed by atoms with Gasteiger partial charge in [-0.15, -0.1) is 21.5 Å². The first kappa shape index (κ1) is 29.9. The molecule has 1 aliphatic heterocycles. The van der Waals surface area contributed by atoms with Crippen LogP contribution in [0.3, 0.4) is 0 Å². The molecule has 4 aromatic carbocycles. The first-order valence-corrected chi connectivity index (χ1v) is 17.2. The van der Waals surface area contributed by atoms with E-state index < -0.39 is 17.7 Å². The number of hydrogen-bond donors (Lipinski definition) is 1. The molecule has 1 atom stereocenters. The van der Waals surface area contributed by atoms with Crippen molar-refractivity contribution in [3.05, 3.63) is 141 Å². The number of ether oxygens (including phenoxy) is 1. The first-order valence-electron chi connectivity index (χ1n) is 14.5. The number of fused-ring (bicyclic) bond motifs is 1. The summed E-state index contributed by atoms with van der Waals surface area (Å²) in [6.07, 6.45) is 0. The maximum absolute atomic E-state index is 13.5. The Bertz CT molecular complexity index is 2080. The molecule has 7 rings (SSSR count). The fraction of sp³-hybridized carbons (Fsp3) is 0.111. The van der Waals surface area contributed by atoms with Crippen LogP contribution in [0.2, 0.25) is 0 Å². The van der Waals surface area contributed by atoms with Crippen molar-refractivity contribution in [3.63, 3.8) is 0 Å².